The monoisotopic (exact) mass is 543 g/mol. The Morgan fingerprint density at radius 3 is 2.48 bits per heavy atom. The van der Waals surface area contributed by atoms with Crippen molar-refractivity contribution in [2.24, 2.45) is 4.99 Å². The number of hydrogen-bond acceptors (Lipinski definition) is 4. The number of hydrogen-bond donors (Lipinski definition) is 2. The van der Waals surface area contributed by atoms with Gasteiger partial charge in [-0.1, -0.05) is 30.7 Å². The lowest BCUT2D eigenvalue weighted by Gasteiger charge is -2.38. The van der Waals surface area contributed by atoms with E-state index < -0.39 is 0 Å². The number of likely N-dealkylation sites (tertiary alicyclic amines) is 1. The molecule has 2 atom stereocenters. The normalized spacial score (nSPS) is 21.9. The Bertz CT molecular complexity index is 648. The van der Waals surface area contributed by atoms with Crippen molar-refractivity contribution in [2.75, 3.05) is 45.9 Å². The second kappa shape index (κ2) is 14.3. The molecule has 0 radical (unpaired) electrons. The van der Waals surface area contributed by atoms with Gasteiger partial charge in [-0.15, -0.1) is 24.0 Å². The van der Waals surface area contributed by atoms with Gasteiger partial charge in [0, 0.05) is 38.3 Å². The van der Waals surface area contributed by atoms with Gasteiger partial charge in [0.2, 0.25) is 0 Å². The van der Waals surface area contributed by atoms with E-state index in [-0.39, 0.29) is 24.0 Å². The third-order valence-corrected chi connectivity index (χ3v) is 6.19. The molecule has 1 aromatic carbocycles. The van der Waals surface area contributed by atoms with E-state index in [1.54, 1.807) is 0 Å². The molecule has 2 aliphatic heterocycles. The van der Waals surface area contributed by atoms with E-state index in [2.05, 4.69) is 65.5 Å². The number of morpholine rings is 1. The molecule has 2 fully saturated rings. The zero-order valence-corrected chi connectivity index (χ0v) is 21.9. The first-order chi connectivity index (χ1) is 14.7. The van der Waals surface area contributed by atoms with Crippen LogP contribution < -0.4 is 10.6 Å². The van der Waals surface area contributed by atoms with Crippen LogP contribution in [0.3, 0.4) is 0 Å². The fourth-order valence-corrected chi connectivity index (χ4v) is 4.39. The van der Waals surface area contributed by atoms with Crippen molar-refractivity contribution in [3.8, 4) is 0 Å². The Balaban J connectivity index is 0.00000341. The number of nitrogens with one attached hydrogen (secondary N) is 2. The van der Waals surface area contributed by atoms with E-state index in [0.717, 1.165) is 45.4 Å². The summed E-state index contributed by atoms with van der Waals surface area (Å²) in [5.41, 5.74) is 2.66. The van der Waals surface area contributed by atoms with Gasteiger partial charge in [0.05, 0.1) is 19.8 Å². The molecule has 7 heteroatoms. The van der Waals surface area contributed by atoms with Gasteiger partial charge < -0.3 is 15.4 Å². The molecule has 2 saturated heterocycles. The minimum absolute atomic E-state index is 0. The molecule has 6 nitrogen and oxygen atoms in total. The molecular formula is C24H42IN5O. The van der Waals surface area contributed by atoms with Gasteiger partial charge in [0.25, 0.3) is 0 Å². The van der Waals surface area contributed by atoms with Gasteiger partial charge in [-0.25, -0.2) is 4.99 Å². The van der Waals surface area contributed by atoms with Gasteiger partial charge in [-0.05, 0) is 57.8 Å². The number of aliphatic imine (C=N–C) groups is 1. The fourth-order valence-electron chi connectivity index (χ4n) is 4.39. The number of halogens is 1. The van der Waals surface area contributed by atoms with Crippen LogP contribution in [-0.2, 0) is 17.8 Å². The number of rotatable bonds is 8. The van der Waals surface area contributed by atoms with Crippen molar-refractivity contribution < 1.29 is 4.74 Å². The molecule has 31 heavy (non-hydrogen) atoms. The van der Waals surface area contributed by atoms with Crippen LogP contribution in [0.5, 0.6) is 0 Å². The van der Waals surface area contributed by atoms with Gasteiger partial charge in [0.1, 0.15) is 0 Å². The molecule has 2 heterocycles. The molecule has 0 aromatic heterocycles. The summed E-state index contributed by atoms with van der Waals surface area (Å²) in [5, 5.41) is 6.90. The first-order valence-corrected chi connectivity index (χ1v) is 11.8. The lowest BCUT2D eigenvalue weighted by atomic mass is 10.1. The smallest absolute Gasteiger partial charge is 0.191 e. The molecule has 2 N–H and O–H groups in total. The Kier molecular flexibility index (Phi) is 12.1. The lowest BCUT2D eigenvalue weighted by Crippen LogP contribution is -2.53. The van der Waals surface area contributed by atoms with Crippen molar-refractivity contribution in [1.82, 2.24) is 20.4 Å². The number of ether oxygens (including phenoxy) is 1. The average Bonchev–Trinajstić information content (AvgIpc) is 2.77. The number of piperidine rings is 1. The fraction of sp³-hybridized carbons (Fsp3) is 0.708. The van der Waals surface area contributed by atoms with Crippen LogP contribution in [-0.4, -0.2) is 73.8 Å². The Morgan fingerprint density at radius 2 is 1.81 bits per heavy atom. The minimum atomic E-state index is 0. The van der Waals surface area contributed by atoms with Crippen molar-refractivity contribution in [3.63, 3.8) is 0 Å². The Morgan fingerprint density at radius 1 is 1.10 bits per heavy atom. The number of benzene rings is 1. The summed E-state index contributed by atoms with van der Waals surface area (Å²) in [6.45, 7) is 15.3. The second-order valence-corrected chi connectivity index (χ2v) is 8.74. The van der Waals surface area contributed by atoms with E-state index in [9.17, 15) is 0 Å². The third-order valence-electron chi connectivity index (χ3n) is 6.19. The summed E-state index contributed by atoms with van der Waals surface area (Å²) in [6.07, 6.45) is 4.08. The largest absolute Gasteiger partial charge is 0.379 e. The predicted octanol–water partition coefficient (Wildman–Crippen LogP) is 3.45. The highest BCUT2D eigenvalue weighted by Gasteiger charge is 2.23. The van der Waals surface area contributed by atoms with Gasteiger partial charge in [-0.2, -0.15) is 0 Å². The van der Waals surface area contributed by atoms with Crippen LogP contribution in [0.1, 0.15) is 51.2 Å². The van der Waals surface area contributed by atoms with Crippen molar-refractivity contribution >= 4 is 29.9 Å². The van der Waals surface area contributed by atoms with Crippen LogP contribution in [0.2, 0.25) is 0 Å². The topological polar surface area (TPSA) is 52.1 Å². The standard InChI is InChI=1S/C24H41N5O.HI/c1-4-25-24(26-16-20(2)29-14-15-30-19-21(29)3)27-17-22-8-10-23(11-9-22)18-28-12-6-5-7-13-28;/h8-11,20-21H,4-7,12-19H2,1-3H3,(H2,25,26,27);1H. The highest BCUT2D eigenvalue weighted by atomic mass is 127. The van der Waals surface area contributed by atoms with Crippen LogP contribution >= 0.6 is 24.0 Å². The molecule has 0 aliphatic carbocycles. The summed E-state index contributed by atoms with van der Waals surface area (Å²) >= 11 is 0. The summed E-state index contributed by atoms with van der Waals surface area (Å²) in [5.74, 6) is 0.891. The molecule has 0 bridgehead atoms. The van der Waals surface area contributed by atoms with Crippen LogP contribution in [0.15, 0.2) is 29.3 Å². The molecular weight excluding hydrogens is 501 g/mol. The number of nitrogens with zero attached hydrogens (tertiary/aromatic N) is 3. The molecule has 176 valence electrons. The Labute approximate surface area is 206 Å². The van der Waals surface area contributed by atoms with Gasteiger partial charge in [-0.3, -0.25) is 9.80 Å². The number of guanidine groups is 1. The maximum Gasteiger partial charge on any atom is 0.191 e. The zero-order chi connectivity index (χ0) is 21.2. The highest BCUT2D eigenvalue weighted by molar-refractivity contribution is 14.0. The first-order valence-electron chi connectivity index (χ1n) is 11.8. The lowest BCUT2D eigenvalue weighted by molar-refractivity contribution is -0.0174. The van der Waals surface area contributed by atoms with Crippen LogP contribution in [0, 0.1) is 0 Å². The zero-order valence-electron chi connectivity index (χ0n) is 19.6. The summed E-state index contributed by atoms with van der Waals surface area (Å²) in [4.78, 5) is 9.89. The molecule has 1 aromatic rings. The van der Waals surface area contributed by atoms with Crippen molar-refractivity contribution in [2.45, 2.75) is 65.2 Å². The SMILES string of the molecule is CCNC(=NCc1ccc(CN2CCCCC2)cc1)NCC(C)N1CCOCC1C.I. The maximum absolute atomic E-state index is 5.56. The maximum atomic E-state index is 5.56. The predicted molar refractivity (Wildman–Crippen MR) is 140 cm³/mol. The molecule has 2 aliphatic rings. The molecule has 2 unspecified atom stereocenters. The van der Waals surface area contributed by atoms with Crippen molar-refractivity contribution in [1.29, 1.82) is 0 Å². The summed E-state index contributed by atoms with van der Waals surface area (Å²) in [7, 11) is 0. The molecule has 0 spiro atoms. The van der Waals surface area contributed by atoms with Crippen LogP contribution in [0.4, 0.5) is 0 Å². The van der Waals surface area contributed by atoms with E-state index >= 15 is 0 Å². The first kappa shape index (κ1) is 26.4. The molecule has 0 amide bonds. The van der Waals surface area contributed by atoms with Crippen molar-refractivity contribution in [3.05, 3.63) is 35.4 Å². The quantitative estimate of drug-likeness (QED) is 0.299. The molecule has 3 rings (SSSR count). The van der Waals surface area contributed by atoms with Crippen LogP contribution in [0.25, 0.3) is 0 Å². The Hall–Kier alpha value is -0.900. The third kappa shape index (κ3) is 8.86. The van der Waals surface area contributed by atoms with E-state index in [4.69, 9.17) is 9.73 Å². The van der Waals surface area contributed by atoms with E-state index in [0.29, 0.717) is 18.6 Å². The van der Waals surface area contributed by atoms with Gasteiger partial charge >= 0.3 is 0 Å². The minimum Gasteiger partial charge on any atom is -0.379 e. The second-order valence-electron chi connectivity index (χ2n) is 8.74. The summed E-state index contributed by atoms with van der Waals surface area (Å²) < 4.78 is 5.56. The van der Waals surface area contributed by atoms with E-state index in [1.807, 2.05) is 0 Å². The average molecular weight is 544 g/mol. The highest BCUT2D eigenvalue weighted by Crippen LogP contribution is 2.14. The van der Waals surface area contributed by atoms with Gasteiger partial charge in [0.15, 0.2) is 5.96 Å². The van der Waals surface area contributed by atoms with E-state index in [1.165, 1.54) is 43.5 Å². The molecule has 0 saturated carbocycles. The summed E-state index contributed by atoms with van der Waals surface area (Å²) in [6, 6.07) is 9.90.